The summed E-state index contributed by atoms with van der Waals surface area (Å²) in [5, 5.41) is 4.71. The topological polar surface area (TPSA) is 28.2 Å². The first-order chi connectivity index (χ1) is 10.2. The molecular formula is C18H25N3. The molecular weight excluding hydrogens is 258 g/mol. The van der Waals surface area contributed by atoms with Gasteiger partial charge in [0.2, 0.25) is 0 Å². The smallest absolute Gasteiger partial charge is 0.129 e. The molecule has 0 amide bonds. The highest BCUT2D eigenvalue weighted by atomic mass is 15.2. The van der Waals surface area contributed by atoms with Crippen molar-refractivity contribution >= 4 is 16.7 Å². The van der Waals surface area contributed by atoms with Gasteiger partial charge in [0.15, 0.2) is 0 Å². The van der Waals surface area contributed by atoms with Crippen LogP contribution < -0.4 is 10.2 Å². The standard InChI is InChI=1S/C18H25N3/c1-4-19-10-15-9-18(21-11-13(2)14(3)12-21)20-17-8-6-5-7-16(15)17/h5-9,13-14,19H,4,10-12H2,1-3H3. The number of para-hydroxylation sites is 1. The SMILES string of the molecule is CCNCc1cc(N2CC(C)C(C)C2)nc2ccccc12. The second-order valence-corrected chi connectivity index (χ2v) is 6.30. The molecule has 0 radical (unpaired) electrons. The van der Waals surface area contributed by atoms with Gasteiger partial charge in [-0.25, -0.2) is 4.98 Å². The van der Waals surface area contributed by atoms with E-state index in [2.05, 4.69) is 61.3 Å². The van der Waals surface area contributed by atoms with Gasteiger partial charge in [-0.05, 0) is 36.1 Å². The molecule has 1 aromatic heterocycles. The Morgan fingerprint density at radius 2 is 1.90 bits per heavy atom. The number of nitrogens with one attached hydrogen (secondary N) is 1. The molecule has 3 heteroatoms. The Morgan fingerprint density at radius 1 is 1.19 bits per heavy atom. The van der Waals surface area contributed by atoms with E-state index in [4.69, 9.17) is 4.98 Å². The molecule has 21 heavy (non-hydrogen) atoms. The van der Waals surface area contributed by atoms with E-state index in [-0.39, 0.29) is 0 Å². The van der Waals surface area contributed by atoms with Gasteiger partial charge in [0, 0.05) is 25.0 Å². The summed E-state index contributed by atoms with van der Waals surface area (Å²) in [6.45, 7) is 11.0. The lowest BCUT2D eigenvalue weighted by molar-refractivity contribution is 0.494. The Hall–Kier alpha value is -1.61. The minimum atomic E-state index is 0.746. The lowest BCUT2D eigenvalue weighted by atomic mass is 10.0. The summed E-state index contributed by atoms with van der Waals surface area (Å²) in [5.41, 5.74) is 2.46. The summed E-state index contributed by atoms with van der Waals surface area (Å²) in [6, 6.07) is 10.7. The van der Waals surface area contributed by atoms with Crippen LogP contribution in [0.4, 0.5) is 5.82 Å². The third-order valence-electron chi connectivity index (χ3n) is 4.67. The van der Waals surface area contributed by atoms with Gasteiger partial charge < -0.3 is 10.2 Å². The fourth-order valence-corrected chi connectivity index (χ4v) is 3.12. The van der Waals surface area contributed by atoms with Gasteiger partial charge in [-0.3, -0.25) is 0 Å². The highest BCUT2D eigenvalue weighted by Gasteiger charge is 2.27. The molecule has 2 unspecified atom stereocenters. The zero-order valence-electron chi connectivity index (χ0n) is 13.3. The lowest BCUT2D eigenvalue weighted by Crippen LogP contribution is -2.21. The van der Waals surface area contributed by atoms with E-state index in [9.17, 15) is 0 Å². The molecule has 0 saturated carbocycles. The van der Waals surface area contributed by atoms with Gasteiger partial charge in [0.25, 0.3) is 0 Å². The number of anilines is 1. The van der Waals surface area contributed by atoms with Crippen LogP contribution in [0.5, 0.6) is 0 Å². The van der Waals surface area contributed by atoms with Crippen molar-refractivity contribution in [2.75, 3.05) is 24.5 Å². The summed E-state index contributed by atoms with van der Waals surface area (Å²) >= 11 is 0. The van der Waals surface area contributed by atoms with Crippen LogP contribution in [0.2, 0.25) is 0 Å². The predicted octanol–water partition coefficient (Wildman–Crippen LogP) is 3.44. The minimum absolute atomic E-state index is 0.746. The molecule has 3 nitrogen and oxygen atoms in total. The van der Waals surface area contributed by atoms with Crippen LogP contribution in [-0.4, -0.2) is 24.6 Å². The van der Waals surface area contributed by atoms with Gasteiger partial charge in [-0.15, -0.1) is 0 Å². The third-order valence-corrected chi connectivity index (χ3v) is 4.67. The number of pyridine rings is 1. The molecule has 112 valence electrons. The number of aromatic nitrogens is 1. The Bertz CT molecular complexity index is 613. The summed E-state index contributed by atoms with van der Waals surface area (Å²) in [7, 11) is 0. The second kappa shape index (κ2) is 6.02. The number of benzene rings is 1. The molecule has 3 rings (SSSR count). The zero-order valence-corrected chi connectivity index (χ0v) is 13.3. The Morgan fingerprint density at radius 3 is 2.62 bits per heavy atom. The zero-order chi connectivity index (χ0) is 14.8. The molecule has 1 aliphatic rings. The Labute approximate surface area is 127 Å². The van der Waals surface area contributed by atoms with Crippen molar-refractivity contribution in [1.82, 2.24) is 10.3 Å². The van der Waals surface area contributed by atoms with E-state index in [1.165, 1.54) is 10.9 Å². The van der Waals surface area contributed by atoms with Crippen molar-refractivity contribution in [3.8, 4) is 0 Å². The lowest BCUT2D eigenvalue weighted by Gasteiger charge is -2.19. The molecule has 2 aromatic rings. The van der Waals surface area contributed by atoms with Crippen molar-refractivity contribution in [3.05, 3.63) is 35.9 Å². The van der Waals surface area contributed by atoms with Gasteiger partial charge >= 0.3 is 0 Å². The first-order valence-electron chi connectivity index (χ1n) is 8.03. The first kappa shape index (κ1) is 14.3. The quantitative estimate of drug-likeness (QED) is 0.931. The number of rotatable bonds is 4. The van der Waals surface area contributed by atoms with Crippen molar-refractivity contribution in [2.45, 2.75) is 27.3 Å². The molecule has 1 aromatic carbocycles. The Kier molecular flexibility index (Phi) is 4.11. The molecule has 0 spiro atoms. The largest absolute Gasteiger partial charge is 0.356 e. The van der Waals surface area contributed by atoms with Crippen LogP contribution in [0, 0.1) is 11.8 Å². The van der Waals surface area contributed by atoms with Crippen LogP contribution in [-0.2, 0) is 6.54 Å². The molecule has 0 aliphatic carbocycles. The van der Waals surface area contributed by atoms with Crippen molar-refractivity contribution in [3.63, 3.8) is 0 Å². The fraction of sp³-hybridized carbons (Fsp3) is 0.500. The number of hydrogen-bond donors (Lipinski definition) is 1. The van der Waals surface area contributed by atoms with Crippen LogP contribution in [0.1, 0.15) is 26.3 Å². The number of fused-ring (bicyclic) bond motifs is 1. The maximum absolute atomic E-state index is 4.89. The molecule has 1 saturated heterocycles. The van der Waals surface area contributed by atoms with Crippen LogP contribution in [0.15, 0.2) is 30.3 Å². The predicted molar refractivity (Wildman–Crippen MR) is 89.7 cm³/mol. The van der Waals surface area contributed by atoms with E-state index in [1.54, 1.807) is 0 Å². The molecule has 1 aliphatic heterocycles. The maximum Gasteiger partial charge on any atom is 0.129 e. The van der Waals surface area contributed by atoms with Crippen LogP contribution in [0.3, 0.4) is 0 Å². The van der Waals surface area contributed by atoms with Gasteiger partial charge in [-0.1, -0.05) is 39.0 Å². The van der Waals surface area contributed by atoms with Crippen molar-refractivity contribution in [1.29, 1.82) is 0 Å². The number of nitrogens with zero attached hydrogens (tertiary/aromatic N) is 2. The fourth-order valence-electron chi connectivity index (χ4n) is 3.12. The van der Waals surface area contributed by atoms with Gasteiger partial charge in [-0.2, -0.15) is 0 Å². The number of hydrogen-bond acceptors (Lipinski definition) is 3. The molecule has 0 bridgehead atoms. The van der Waals surface area contributed by atoms with E-state index in [0.29, 0.717) is 0 Å². The first-order valence-corrected chi connectivity index (χ1v) is 8.03. The normalized spacial score (nSPS) is 22.1. The van der Waals surface area contributed by atoms with Gasteiger partial charge in [0.1, 0.15) is 5.82 Å². The second-order valence-electron chi connectivity index (χ2n) is 6.30. The highest BCUT2D eigenvalue weighted by molar-refractivity contribution is 5.84. The average molecular weight is 283 g/mol. The summed E-state index contributed by atoms with van der Waals surface area (Å²) < 4.78 is 0. The monoisotopic (exact) mass is 283 g/mol. The van der Waals surface area contributed by atoms with E-state index >= 15 is 0 Å². The Balaban J connectivity index is 1.99. The molecule has 1 N–H and O–H groups in total. The highest BCUT2D eigenvalue weighted by Crippen LogP contribution is 2.29. The van der Waals surface area contributed by atoms with Crippen LogP contribution in [0.25, 0.3) is 10.9 Å². The maximum atomic E-state index is 4.89. The minimum Gasteiger partial charge on any atom is -0.356 e. The van der Waals surface area contributed by atoms with Crippen molar-refractivity contribution in [2.24, 2.45) is 11.8 Å². The van der Waals surface area contributed by atoms with Crippen LogP contribution >= 0.6 is 0 Å². The molecule has 2 atom stereocenters. The molecule has 2 heterocycles. The summed E-state index contributed by atoms with van der Waals surface area (Å²) in [6.07, 6.45) is 0. The van der Waals surface area contributed by atoms with E-state index in [0.717, 1.165) is 49.3 Å². The van der Waals surface area contributed by atoms with Crippen molar-refractivity contribution < 1.29 is 0 Å². The van der Waals surface area contributed by atoms with Gasteiger partial charge in [0.05, 0.1) is 5.52 Å². The molecule has 1 fully saturated rings. The summed E-state index contributed by atoms with van der Waals surface area (Å²) in [5.74, 6) is 2.63. The van der Waals surface area contributed by atoms with E-state index in [1.807, 2.05) is 0 Å². The average Bonchev–Trinajstić information content (AvgIpc) is 2.84. The van der Waals surface area contributed by atoms with E-state index < -0.39 is 0 Å². The summed E-state index contributed by atoms with van der Waals surface area (Å²) in [4.78, 5) is 7.33. The third kappa shape index (κ3) is 2.88.